The smallest absolute Gasteiger partial charge is 0.310 e. The molecular formula is C21H17ClN2O4. The summed E-state index contributed by atoms with van der Waals surface area (Å²) in [5.74, 6) is -1.68. The molecule has 0 radical (unpaired) electrons. The summed E-state index contributed by atoms with van der Waals surface area (Å²) in [5.41, 5.74) is 5.59. The van der Waals surface area contributed by atoms with Crippen LogP contribution >= 0.6 is 11.6 Å². The summed E-state index contributed by atoms with van der Waals surface area (Å²) in [7, 11) is 0. The number of hydrogen-bond donors (Lipinski definition) is 2. The molecule has 0 saturated carbocycles. The van der Waals surface area contributed by atoms with Gasteiger partial charge >= 0.3 is 5.97 Å². The van der Waals surface area contributed by atoms with Gasteiger partial charge in [-0.2, -0.15) is 0 Å². The van der Waals surface area contributed by atoms with Crippen LogP contribution in [-0.2, 0) is 20.7 Å². The van der Waals surface area contributed by atoms with Crippen LogP contribution in [0, 0.1) is 0 Å². The van der Waals surface area contributed by atoms with Crippen LogP contribution in [0.1, 0.15) is 15.9 Å². The van der Waals surface area contributed by atoms with Crippen LogP contribution in [-0.4, -0.2) is 24.4 Å². The van der Waals surface area contributed by atoms with E-state index >= 15 is 0 Å². The van der Waals surface area contributed by atoms with Crippen molar-refractivity contribution in [1.29, 1.82) is 0 Å². The number of carbonyl (C=O) groups is 3. The fourth-order valence-electron chi connectivity index (χ4n) is 2.64. The molecule has 0 saturated heterocycles. The molecule has 3 rings (SSSR count). The van der Waals surface area contributed by atoms with Crippen molar-refractivity contribution < 1.29 is 19.1 Å². The third kappa shape index (κ3) is 5.08. The molecule has 0 aromatic heterocycles. The maximum atomic E-state index is 12.1. The molecule has 28 heavy (non-hydrogen) atoms. The van der Waals surface area contributed by atoms with Crippen LogP contribution in [0.3, 0.4) is 0 Å². The highest BCUT2D eigenvalue weighted by Gasteiger charge is 2.12. The molecule has 0 spiro atoms. The normalized spacial score (nSPS) is 10.3. The number of hydrogen-bond acceptors (Lipinski definition) is 4. The van der Waals surface area contributed by atoms with Gasteiger partial charge in [0, 0.05) is 10.6 Å². The van der Waals surface area contributed by atoms with E-state index < -0.39 is 24.4 Å². The Morgan fingerprint density at radius 3 is 2.36 bits per heavy atom. The lowest BCUT2D eigenvalue weighted by molar-refractivity contribution is -0.148. The van der Waals surface area contributed by atoms with Gasteiger partial charge in [0.2, 0.25) is 0 Å². The number of esters is 1. The standard InChI is InChI=1S/C21H17ClN2O4/c22-17-10-8-15(9-11-17)21(27)24-23-19(25)13-28-20(26)12-16-6-3-5-14-4-1-2-7-18(14)16/h1-11H,12-13H2,(H,23,25)(H,24,27). The first-order valence-electron chi connectivity index (χ1n) is 8.50. The number of hydrazine groups is 1. The Morgan fingerprint density at radius 2 is 1.57 bits per heavy atom. The van der Waals surface area contributed by atoms with Gasteiger partial charge in [-0.15, -0.1) is 0 Å². The van der Waals surface area contributed by atoms with Crippen molar-refractivity contribution in [2.24, 2.45) is 0 Å². The number of rotatable bonds is 5. The zero-order chi connectivity index (χ0) is 19.9. The summed E-state index contributed by atoms with van der Waals surface area (Å²) in [5, 5.41) is 2.48. The monoisotopic (exact) mass is 396 g/mol. The van der Waals surface area contributed by atoms with Crippen LogP contribution in [0.2, 0.25) is 5.02 Å². The zero-order valence-electron chi connectivity index (χ0n) is 14.8. The minimum atomic E-state index is -0.645. The Balaban J connectivity index is 1.47. The number of fused-ring (bicyclic) bond motifs is 1. The molecule has 0 fully saturated rings. The maximum absolute atomic E-state index is 12.1. The van der Waals surface area contributed by atoms with Gasteiger partial charge in [-0.25, -0.2) is 0 Å². The number of amides is 2. The molecule has 2 amide bonds. The van der Waals surface area contributed by atoms with E-state index in [2.05, 4.69) is 10.9 Å². The fraction of sp³-hybridized carbons (Fsp3) is 0.0952. The van der Waals surface area contributed by atoms with Crippen molar-refractivity contribution >= 4 is 40.2 Å². The molecule has 7 heteroatoms. The van der Waals surface area contributed by atoms with Crippen molar-refractivity contribution in [1.82, 2.24) is 10.9 Å². The quantitative estimate of drug-likeness (QED) is 0.513. The van der Waals surface area contributed by atoms with Crippen molar-refractivity contribution in [3.05, 3.63) is 82.9 Å². The first kappa shape index (κ1) is 19.4. The largest absolute Gasteiger partial charge is 0.455 e. The van der Waals surface area contributed by atoms with E-state index in [1.807, 2.05) is 42.5 Å². The summed E-state index contributed by atoms with van der Waals surface area (Å²) in [6.07, 6.45) is 0.0474. The summed E-state index contributed by atoms with van der Waals surface area (Å²) in [6.45, 7) is -0.496. The molecular weight excluding hydrogens is 380 g/mol. The first-order valence-corrected chi connectivity index (χ1v) is 8.88. The van der Waals surface area contributed by atoms with Crippen LogP contribution in [0.25, 0.3) is 10.8 Å². The summed E-state index contributed by atoms with van der Waals surface area (Å²) >= 11 is 5.75. The number of ether oxygens (including phenoxy) is 1. The molecule has 6 nitrogen and oxygen atoms in total. The molecule has 142 valence electrons. The van der Waals surface area contributed by atoms with E-state index in [0.29, 0.717) is 10.6 Å². The van der Waals surface area contributed by atoms with Gasteiger partial charge in [0.15, 0.2) is 6.61 Å². The van der Waals surface area contributed by atoms with E-state index in [9.17, 15) is 14.4 Å². The minimum absolute atomic E-state index is 0.0474. The Morgan fingerprint density at radius 1 is 0.857 bits per heavy atom. The average Bonchev–Trinajstić information content (AvgIpc) is 2.71. The van der Waals surface area contributed by atoms with Gasteiger partial charge in [-0.05, 0) is 40.6 Å². The molecule has 0 atom stereocenters. The van der Waals surface area contributed by atoms with E-state index in [1.54, 1.807) is 12.1 Å². The molecule has 3 aromatic carbocycles. The van der Waals surface area contributed by atoms with E-state index in [-0.39, 0.29) is 6.42 Å². The maximum Gasteiger partial charge on any atom is 0.310 e. The molecule has 0 aliphatic carbocycles. The van der Waals surface area contributed by atoms with Crippen LogP contribution in [0.4, 0.5) is 0 Å². The van der Waals surface area contributed by atoms with Gasteiger partial charge in [0.25, 0.3) is 11.8 Å². The summed E-state index contributed by atoms with van der Waals surface area (Å²) in [6, 6.07) is 19.5. The second kappa shape index (κ2) is 9.01. The molecule has 3 aromatic rings. The van der Waals surface area contributed by atoms with Crippen LogP contribution in [0.5, 0.6) is 0 Å². The molecule has 0 bridgehead atoms. The van der Waals surface area contributed by atoms with Crippen LogP contribution in [0.15, 0.2) is 66.7 Å². The Bertz CT molecular complexity index is 1010. The lowest BCUT2D eigenvalue weighted by Gasteiger charge is -2.09. The van der Waals surface area contributed by atoms with E-state index in [1.165, 1.54) is 12.1 Å². The highest BCUT2D eigenvalue weighted by Crippen LogP contribution is 2.19. The lowest BCUT2D eigenvalue weighted by Crippen LogP contribution is -2.43. The summed E-state index contributed by atoms with van der Waals surface area (Å²) < 4.78 is 4.99. The molecule has 0 aliphatic heterocycles. The molecule has 2 N–H and O–H groups in total. The van der Waals surface area contributed by atoms with Crippen LogP contribution < -0.4 is 10.9 Å². The minimum Gasteiger partial charge on any atom is -0.455 e. The third-order valence-corrected chi connectivity index (χ3v) is 4.25. The molecule has 0 heterocycles. The SMILES string of the molecule is O=C(COC(=O)Cc1cccc2ccccc12)NNC(=O)c1ccc(Cl)cc1. The second-order valence-electron chi connectivity index (χ2n) is 5.98. The highest BCUT2D eigenvalue weighted by molar-refractivity contribution is 6.30. The van der Waals surface area contributed by atoms with Crippen molar-refractivity contribution in [3.8, 4) is 0 Å². The molecule has 0 aliphatic rings. The number of carbonyl (C=O) groups excluding carboxylic acids is 3. The first-order chi connectivity index (χ1) is 13.5. The number of benzene rings is 3. The predicted molar refractivity (Wildman–Crippen MR) is 106 cm³/mol. The highest BCUT2D eigenvalue weighted by atomic mass is 35.5. The van der Waals surface area contributed by atoms with Gasteiger partial charge in [-0.1, -0.05) is 54.1 Å². The second-order valence-corrected chi connectivity index (χ2v) is 6.42. The summed E-state index contributed by atoms with van der Waals surface area (Å²) in [4.78, 5) is 35.7. The van der Waals surface area contributed by atoms with Crippen molar-refractivity contribution in [3.63, 3.8) is 0 Å². The predicted octanol–water partition coefficient (Wildman–Crippen LogP) is 3.04. The van der Waals surface area contributed by atoms with Gasteiger partial charge in [-0.3, -0.25) is 25.2 Å². The number of nitrogens with one attached hydrogen (secondary N) is 2. The lowest BCUT2D eigenvalue weighted by atomic mass is 10.0. The van der Waals surface area contributed by atoms with Gasteiger partial charge in [0.1, 0.15) is 0 Å². The Labute approximate surface area is 166 Å². The van der Waals surface area contributed by atoms with Crippen molar-refractivity contribution in [2.45, 2.75) is 6.42 Å². The number of halogens is 1. The van der Waals surface area contributed by atoms with E-state index in [4.69, 9.17) is 16.3 Å². The van der Waals surface area contributed by atoms with Gasteiger partial charge < -0.3 is 4.74 Å². The Hall–Kier alpha value is -3.38. The van der Waals surface area contributed by atoms with E-state index in [0.717, 1.165) is 16.3 Å². The molecule has 0 unspecified atom stereocenters. The van der Waals surface area contributed by atoms with Gasteiger partial charge in [0.05, 0.1) is 6.42 Å². The zero-order valence-corrected chi connectivity index (χ0v) is 15.5. The third-order valence-electron chi connectivity index (χ3n) is 4.00. The average molecular weight is 397 g/mol. The topological polar surface area (TPSA) is 84.5 Å². The Kier molecular flexibility index (Phi) is 6.24. The van der Waals surface area contributed by atoms with Crippen molar-refractivity contribution in [2.75, 3.05) is 6.61 Å². The fourth-order valence-corrected chi connectivity index (χ4v) is 2.76.